The number of nitrogens with two attached hydrogens (primary N) is 1. The van der Waals surface area contributed by atoms with E-state index in [-0.39, 0.29) is 68.7 Å². The van der Waals surface area contributed by atoms with Gasteiger partial charge in [-0.25, -0.2) is 31.5 Å². The molecule has 0 aliphatic heterocycles. The van der Waals surface area contributed by atoms with E-state index >= 15 is 0 Å². The van der Waals surface area contributed by atoms with Gasteiger partial charge in [0.2, 0.25) is 0 Å². The fraction of sp³-hybridized carbons (Fsp3) is 0.185. The van der Waals surface area contributed by atoms with Gasteiger partial charge in [0.25, 0.3) is 10.1 Å². The summed E-state index contributed by atoms with van der Waals surface area (Å²) in [5.74, 6) is -2.32. The van der Waals surface area contributed by atoms with E-state index in [2.05, 4.69) is 43.4 Å². The van der Waals surface area contributed by atoms with E-state index in [0.717, 1.165) is 30.3 Å². The molecule has 4 aromatic rings. The molecular weight excluding hydrogens is 907 g/mol. The minimum absolute atomic E-state index is 0.0438. The van der Waals surface area contributed by atoms with Crippen molar-refractivity contribution in [3.63, 3.8) is 0 Å². The number of azo groups is 2. The summed E-state index contributed by atoms with van der Waals surface area (Å²) >= 11 is 0.452. The first kappa shape index (κ1) is 46.5. The van der Waals surface area contributed by atoms with Crippen LogP contribution in [-0.2, 0) is 67.3 Å². The largest absolute Gasteiger partial charge is 0.505 e. The minimum Gasteiger partial charge on any atom is -0.505 e. The Kier molecular flexibility index (Phi) is 15.8. The number of nitrogen functional groups attached to an aromatic ring is 1. The number of aromatic hydroxyl groups is 1. The third-order valence-electron chi connectivity index (χ3n) is 7.10. The highest BCUT2D eigenvalue weighted by Crippen LogP contribution is 2.50. The van der Waals surface area contributed by atoms with Crippen molar-refractivity contribution >= 4 is 104 Å². The molecule has 25 nitrogen and oxygen atoms in total. The van der Waals surface area contributed by atoms with Gasteiger partial charge in [0.15, 0.2) is 37.7 Å². The number of phenols is 1. The first-order valence-electron chi connectivity index (χ1n) is 14.9. The van der Waals surface area contributed by atoms with E-state index in [1.54, 1.807) is 0 Å². The van der Waals surface area contributed by atoms with Gasteiger partial charge in [-0.3, -0.25) is 13.3 Å². The van der Waals surface area contributed by atoms with E-state index in [4.69, 9.17) is 29.7 Å². The van der Waals surface area contributed by atoms with Crippen molar-refractivity contribution in [2.24, 2.45) is 20.5 Å². The predicted molar refractivity (Wildman–Crippen MR) is 198 cm³/mol. The molecule has 0 aliphatic rings. The summed E-state index contributed by atoms with van der Waals surface area (Å²) < 4.78 is 139. The van der Waals surface area contributed by atoms with Crippen molar-refractivity contribution in [3.8, 4) is 11.5 Å². The smallest absolute Gasteiger partial charge is 0.397 e. The van der Waals surface area contributed by atoms with Crippen molar-refractivity contribution in [3.05, 3.63) is 54.6 Å². The van der Waals surface area contributed by atoms with E-state index in [9.17, 15) is 43.3 Å². The number of methoxy groups -OCH3 is 1. The molecule has 31 heteroatoms. The number of ether oxygens (including phenoxy) is 1. The van der Waals surface area contributed by atoms with Gasteiger partial charge in [0, 0.05) is 0 Å². The summed E-state index contributed by atoms with van der Waals surface area (Å²) in [5, 5.41) is 50.4. The number of nitrogens with zero attached hydrogens (tertiary/aromatic N) is 4. The van der Waals surface area contributed by atoms with Crippen LogP contribution in [0, 0.1) is 0 Å². The van der Waals surface area contributed by atoms with Gasteiger partial charge < -0.3 is 15.6 Å². The number of hydrogen-bond donors (Lipinski definition) is 6. The second kappa shape index (κ2) is 19.7. The van der Waals surface area contributed by atoms with E-state index in [1.165, 1.54) is 31.4 Å². The molecule has 58 heavy (non-hydrogen) atoms. The molecule has 0 unspecified atom stereocenters. The molecule has 0 aromatic heterocycles. The SMILES string of the molecule is COc1ccc(S(=O)(=O)CCOS(=O)(=O)O)cc1N=Nc1c(S(=O)(=O)O)cc2cc(SOOO)c(N=Nc3ccc(S(=O)(=O)CCOSOOO)cc3)c(O)c2c1N. The fourth-order valence-electron chi connectivity index (χ4n) is 4.59. The van der Waals surface area contributed by atoms with Crippen molar-refractivity contribution in [1.29, 1.82) is 0 Å². The minimum atomic E-state index is -5.18. The summed E-state index contributed by atoms with van der Waals surface area (Å²) in [7, 11) is -17.1. The topological polar surface area (TPSA) is 378 Å². The Morgan fingerprint density at radius 3 is 1.98 bits per heavy atom. The van der Waals surface area contributed by atoms with Crippen LogP contribution in [0.5, 0.6) is 11.5 Å². The van der Waals surface area contributed by atoms with Crippen molar-refractivity contribution in [1.82, 2.24) is 0 Å². The number of sulfone groups is 2. The third kappa shape index (κ3) is 12.2. The molecule has 316 valence electrons. The van der Waals surface area contributed by atoms with Crippen molar-refractivity contribution < 1.29 is 90.2 Å². The van der Waals surface area contributed by atoms with Crippen LogP contribution in [0.1, 0.15) is 0 Å². The van der Waals surface area contributed by atoms with Crippen LogP contribution in [0.3, 0.4) is 0 Å². The first-order chi connectivity index (χ1) is 27.2. The third-order valence-corrected chi connectivity index (χ3v) is 12.8. The molecule has 0 heterocycles. The number of rotatable bonds is 21. The second-order valence-corrected chi connectivity index (χ2v) is 18.6. The zero-order valence-electron chi connectivity index (χ0n) is 28.7. The van der Waals surface area contributed by atoms with Crippen LogP contribution in [-0.4, -0.2) is 90.2 Å². The normalized spacial score (nSPS) is 12.9. The fourth-order valence-corrected chi connectivity index (χ4v) is 8.67. The molecule has 0 amide bonds. The monoisotopic (exact) mass is 933 g/mol. The van der Waals surface area contributed by atoms with E-state index in [1.807, 2.05) is 0 Å². The van der Waals surface area contributed by atoms with Crippen molar-refractivity contribution in [2.45, 2.75) is 19.6 Å². The molecular formula is C27H27N5O20S6. The molecule has 4 aromatic carbocycles. The molecule has 0 saturated carbocycles. The molecule has 0 spiro atoms. The Labute approximate surface area is 336 Å². The lowest BCUT2D eigenvalue weighted by Crippen LogP contribution is -2.15. The van der Waals surface area contributed by atoms with Crippen LogP contribution < -0.4 is 10.5 Å². The maximum absolute atomic E-state index is 12.8. The number of hydrogen-bond acceptors (Lipinski definition) is 25. The first-order valence-corrected chi connectivity index (χ1v) is 22.4. The highest BCUT2D eigenvalue weighted by molar-refractivity contribution is 7.94. The van der Waals surface area contributed by atoms with Crippen molar-refractivity contribution in [2.75, 3.05) is 37.6 Å². The average Bonchev–Trinajstić information content (AvgIpc) is 3.15. The number of benzene rings is 4. The zero-order chi connectivity index (χ0) is 42.9. The van der Waals surface area contributed by atoms with Gasteiger partial charge in [0.1, 0.15) is 27.7 Å². The summed E-state index contributed by atoms with van der Waals surface area (Å²) in [6.07, 6.45) is 0. The van der Waals surface area contributed by atoms with Crippen LogP contribution in [0.4, 0.5) is 28.4 Å². The maximum Gasteiger partial charge on any atom is 0.397 e. The highest BCUT2D eigenvalue weighted by atomic mass is 32.3. The summed E-state index contributed by atoms with van der Waals surface area (Å²) in [4.78, 5) is -1.74. The Morgan fingerprint density at radius 1 is 0.741 bits per heavy atom. The maximum atomic E-state index is 12.8. The van der Waals surface area contributed by atoms with Gasteiger partial charge in [-0.2, -0.15) is 21.9 Å². The number of anilines is 1. The highest BCUT2D eigenvalue weighted by Gasteiger charge is 2.26. The van der Waals surface area contributed by atoms with Gasteiger partial charge in [-0.1, -0.05) is 10.1 Å². The van der Waals surface area contributed by atoms with E-state index < -0.39 is 90.9 Å². The summed E-state index contributed by atoms with van der Waals surface area (Å²) in [5.41, 5.74) is 4.19. The lowest BCUT2D eigenvalue weighted by atomic mass is 10.1. The number of fused-ring (bicyclic) bond motifs is 1. The van der Waals surface area contributed by atoms with Crippen LogP contribution >= 0.6 is 24.4 Å². The quantitative estimate of drug-likeness (QED) is 0.0122. The Morgan fingerprint density at radius 2 is 1.36 bits per heavy atom. The Hall–Kier alpha value is -4.16. The Bertz CT molecular complexity index is 2650. The molecule has 0 aliphatic carbocycles. The van der Waals surface area contributed by atoms with Gasteiger partial charge in [0.05, 0.1) is 75.3 Å². The molecule has 0 bridgehead atoms. The molecule has 4 rings (SSSR count). The summed E-state index contributed by atoms with van der Waals surface area (Å²) in [6.45, 7) is -1.30. The molecule has 0 fully saturated rings. The lowest BCUT2D eigenvalue weighted by Gasteiger charge is -2.14. The molecule has 0 radical (unpaired) electrons. The second-order valence-electron chi connectivity index (χ2n) is 10.7. The van der Waals surface area contributed by atoms with Crippen LogP contribution in [0.25, 0.3) is 10.8 Å². The zero-order valence-corrected chi connectivity index (χ0v) is 33.6. The number of phenolic OH excluding ortho intramolecular Hbond substituents is 1. The molecule has 0 saturated heterocycles. The van der Waals surface area contributed by atoms with Gasteiger partial charge >= 0.3 is 10.4 Å². The van der Waals surface area contributed by atoms with Crippen LogP contribution in [0.15, 0.2) is 94.6 Å². The average molecular weight is 934 g/mol. The standard InChI is InChI=1S/C27H27N5O20S6/c1-46-20-7-6-18(56(38,39)11-9-48-58(43,44)45)14-19(20)30-32-26-22(57(40,41)42)13-15-12-21(53-51-49-34)25(27(33)23(15)24(26)28)31-29-16-2-4-17(5-3-16)55(36,37)10-8-47-54-52-50-35/h2-7,12-14,33-35H,8-11,28H2,1H3,(H,40,41,42)(H,43,44,45). The Balaban J connectivity index is 1.79. The molecule has 7 N–H and O–H groups in total. The van der Waals surface area contributed by atoms with Gasteiger partial charge in [-0.15, -0.1) is 24.0 Å². The molecule has 0 atom stereocenters. The van der Waals surface area contributed by atoms with E-state index in [0.29, 0.717) is 0 Å². The van der Waals surface area contributed by atoms with Crippen LogP contribution in [0.2, 0.25) is 0 Å². The lowest BCUT2D eigenvalue weighted by molar-refractivity contribution is -0.434. The van der Waals surface area contributed by atoms with Gasteiger partial charge in [-0.05, 0) is 60.0 Å². The predicted octanol–water partition coefficient (Wildman–Crippen LogP) is 5.01. The summed E-state index contributed by atoms with van der Waals surface area (Å²) in [6, 6.07) is 9.94.